The molecule has 0 aromatic carbocycles. The summed E-state index contributed by atoms with van der Waals surface area (Å²) in [5.41, 5.74) is 0.181. The molecule has 0 aliphatic heterocycles. The Balaban J connectivity index is 4.00. The number of nitrogens with one attached hydrogen (secondary N) is 1. The molecule has 0 atom stereocenters. The first-order valence-electron chi connectivity index (χ1n) is 6.95. The molecule has 0 aromatic rings. The highest BCUT2D eigenvalue weighted by Crippen LogP contribution is 2.27. The Bertz CT molecular complexity index is 257. The van der Waals surface area contributed by atoms with Crippen molar-refractivity contribution >= 4 is 5.91 Å². The Morgan fingerprint density at radius 1 is 1.17 bits per heavy atom. The van der Waals surface area contributed by atoms with Crippen molar-refractivity contribution in [1.82, 2.24) is 5.32 Å². The summed E-state index contributed by atoms with van der Waals surface area (Å²) in [6.45, 7) is 17.1. The molecule has 0 rings (SSSR count). The number of carbonyl (C=O) groups is 1. The Morgan fingerprint density at radius 2 is 1.72 bits per heavy atom. The second-order valence-electron chi connectivity index (χ2n) is 6.93. The third-order valence-electron chi connectivity index (χ3n) is 3.62. The third-order valence-corrected chi connectivity index (χ3v) is 3.62. The fourth-order valence-electron chi connectivity index (χ4n) is 1.27. The van der Waals surface area contributed by atoms with Crippen LogP contribution in [0.15, 0.2) is 0 Å². The largest absolute Gasteiger partial charge is 0.380 e. The molecule has 0 saturated heterocycles. The van der Waals surface area contributed by atoms with Gasteiger partial charge in [0.05, 0.1) is 13.2 Å². The lowest BCUT2D eigenvalue weighted by Gasteiger charge is -2.31. The highest BCUT2D eigenvalue weighted by Gasteiger charge is 2.25. The van der Waals surface area contributed by atoms with Gasteiger partial charge in [0.25, 0.3) is 0 Å². The van der Waals surface area contributed by atoms with Crippen LogP contribution in [0, 0.1) is 16.7 Å². The fraction of sp³-hybridized carbons (Fsp3) is 0.933. The van der Waals surface area contributed by atoms with Crippen LogP contribution in [0.3, 0.4) is 0 Å². The summed E-state index contributed by atoms with van der Waals surface area (Å²) in [4.78, 5) is 11.2. The van der Waals surface area contributed by atoms with Crippen molar-refractivity contribution in [3.63, 3.8) is 0 Å². The SMILES string of the molecule is CCC(=O)NCC(C)(C)COCC(C)(C)C(C)C. The van der Waals surface area contributed by atoms with E-state index in [-0.39, 0.29) is 16.7 Å². The second-order valence-corrected chi connectivity index (χ2v) is 6.93. The monoisotopic (exact) mass is 257 g/mol. The van der Waals surface area contributed by atoms with Crippen molar-refractivity contribution in [2.24, 2.45) is 16.7 Å². The first-order valence-corrected chi connectivity index (χ1v) is 6.95. The van der Waals surface area contributed by atoms with Crippen LogP contribution in [0.4, 0.5) is 0 Å². The van der Waals surface area contributed by atoms with Gasteiger partial charge in [-0.2, -0.15) is 0 Å². The summed E-state index contributed by atoms with van der Waals surface area (Å²) in [5, 5.41) is 2.92. The molecule has 108 valence electrons. The lowest BCUT2D eigenvalue weighted by Crippen LogP contribution is -2.37. The average molecular weight is 257 g/mol. The van der Waals surface area contributed by atoms with E-state index in [1.165, 1.54) is 0 Å². The van der Waals surface area contributed by atoms with Gasteiger partial charge in [-0.1, -0.05) is 48.5 Å². The zero-order valence-corrected chi connectivity index (χ0v) is 13.2. The normalized spacial score (nSPS) is 12.9. The van der Waals surface area contributed by atoms with Crippen molar-refractivity contribution in [1.29, 1.82) is 0 Å². The molecule has 3 heteroatoms. The number of hydrogen-bond acceptors (Lipinski definition) is 2. The van der Waals surface area contributed by atoms with Crippen LogP contribution < -0.4 is 5.32 Å². The van der Waals surface area contributed by atoms with Crippen molar-refractivity contribution in [3.8, 4) is 0 Å². The molecule has 0 saturated carbocycles. The summed E-state index contributed by atoms with van der Waals surface area (Å²) in [6, 6.07) is 0. The molecule has 1 N–H and O–H groups in total. The summed E-state index contributed by atoms with van der Waals surface area (Å²) in [7, 11) is 0. The minimum absolute atomic E-state index is 0.0160. The molecule has 18 heavy (non-hydrogen) atoms. The summed E-state index contributed by atoms with van der Waals surface area (Å²) < 4.78 is 5.84. The molecule has 3 nitrogen and oxygen atoms in total. The lowest BCUT2D eigenvalue weighted by molar-refractivity contribution is -0.121. The van der Waals surface area contributed by atoms with Gasteiger partial charge < -0.3 is 10.1 Å². The van der Waals surface area contributed by atoms with Crippen LogP contribution in [0.2, 0.25) is 0 Å². The van der Waals surface area contributed by atoms with E-state index in [4.69, 9.17) is 4.74 Å². The standard InChI is InChI=1S/C15H31NO2/c1-8-13(17)16-9-14(4,5)10-18-11-15(6,7)12(2)3/h12H,8-11H2,1-7H3,(H,16,17). The van der Waals surface area contributed by atoms with Gasteiger partial charge in [-0.25, -0.2) is 0 Å². The zero-order chi connectivity index (χ0) is 14.4. The van der Waals surface area contributed by atoms with Crippen molar-refractivity contribution < 1.29 is 9.53 Å². The Hall–Kier alpha value is -0.570. The first kappa shape index (κ1) is 17.4. The van der Waals surface area contributed by atoms with Gasteiger partial charge in [0, 0.05) is 18.4 Å². The van der Waals surface area contributed by atoms with Gasteiger partial charge in [0.1, 0.15) is 0 Å². The lowest BCUT2D eigenvalue weighted by atomic mass is 9.82. The Labute approximate surface area is 113 Å². The van der Waals surface area contributed by atoms with Crippen LogP contribution in [0.1, 0.15) is 54.9 Å². The first-order chi connectivity index (χ1) is 8.10. The van der Waals surface area contributed by atoms with E-state index in [0.717, 1.165) is 6.61 Å². The molecule has 0 radical (unpaired) electrons. The summed E-state index contributed by atoms with van der Waals surface area (Å²) in [6.07, 6.45) is 0.539. The predicted molar refractivity (Wildman–Crippen MR) is 76.5 cm³/mol. The zero-order valence-electron chi connectivity index (χ0n) is 13.2. The average Bonchev–Trinajstić information content (AvgIpc) is 2.25. The molecule has 0 aliphatic carbocycles. The fourth-order valence-corrected chi connectivity index (χ4v) is 1.27. The summed E-state index contributed by atoms with van der Waals surface area (Å²) >= 11 is 0. The Kier molecular flexibility index (Phi) is 6.90. The summed E-state index contributed by atoms with van der Waals surface area (Å²) in [5.74, 6) is 0.700. The number of hydrogen-bond donors (Lipinski definition) is 1. The van der Waals surface area contributed by atoms with Gasteiger partial charge in [0.15, 0.2) is 0 Å². The van der Waals surface area contributed by atoms with Gasteiger partial charge in [0.2, 0.25) is 5.91 Å². The number of carbonyl (C=O) groups excluding carboxylic acids is 1. The second kappa shape index (κ2) is 7.13. The van der Waals surface area contributed by atoms with Crippen LogP contribution in [0.25, 0.3) is 0 Å². The molecule has 0 fully saturated rings. The number of ether oxygens (including phenoxy) is 1. The quantitative estimate of drug-likeness (QED) is 0.725. The molecule has 0 aromatic heterocycles. The molecular formula is C15H31NO2. The van der Waals surface area contributed by atoms with Gasteiger partial charge in [-0.15, -0.1) is 0 Å². The smallest absolute Gasteiger partial charge is 0.219 e. The minimum Gasteiger partial charge on any atom is -0.380 e. The highest BCUT2D eigenvalue weighted by atomic mass is 16.5. The van der Waals surface area contributed by atoms with Gasteiger partial charge in [-0.05, 0) is 11.3 Å². The highest BCUT2D eigenvalue weighted by molar-refractivity contribution is 5.75. The maximum atomic E-state index is 11.2. The topological polar surface area (TPSA) is 38.3 Å². The molecule has 0 heterocycles. The number of amides is 1. The van der Waals surface area contributed by atoms with Crippen LogP contribution in [-0.4, -0.2) is 25.7 Å². The van der Waals surface area contributed by atoms with E-state index in [9.17, 15) is 4.79 Å². The van der Waals surface area contributed by atoms with Crippen LogP contribution >= 0.6 is 0 Å². The van der Waals surface area contributed by atoms with Gasteiger partial charge >= 0.3 is 0 Å². The predicted octanol–water partition coefficient (Wildman–Crippen LogP) is 3.24. The molecule has 0 bridgehead atoms. The van der Waals surface area contributed by atoms with Crippen molar-refractivity contribution in [2.75, 3.05) is 19.8 Å². The molecular weight excluding hydrogens is 226 g/mol. The van der Waals surface area contributed by atoms with Gasteiger partial charge in [-0.3, -0.25) is 4.79 Å². The molecule has 0 unspecified atom stereocenters. The van der Waals surface area contributed by atoms with E-state index >= 15 is 0 Å². The van der Waals surface area contributed by atoms with E-state index in [0.29, 0.717) is 25.5 Å². The number of rotatable bonds is 8. The van der Waals surface area contributed by atoms with Crippen LogP contribution in [-0.2, 0) is 9.53 Å². The van der Waals surface area contributed by atoms with E-state index < -0.39 is 0 Å². The third kappa shape index (κ3) is 7.00. The van der Waals surface area contributed by atoms with Crippen molar-refractivity contribution in [3.05, 3.63) is 0 Å². The van der Waals surface area contributed by atoms with E-state index in [1.54, 1.807) is 0 Å². The van der Waals surface area contributed by atoms with Crippen molar-refractivity contribution in [2.45, 2.75) is 54.9 Å². The molecule has 1 amide bonds. The molecule has 0 spiro atoms. The molecule has 0 aliphatic rings. The minimum atomic E-state index is -0.0160. The van der Waals surface area contributed by atoms with E-state index in [1.807, 2.05) is 6.92 Å². The van der Waals surface area contributed by atoms with E-state index in [2.05, 4.69) is 46.9 Å². The Morgan fingerprint density at radius 3 is 2.17 bits per heavy atom. The van der Waals surface area contributed by atoms with Crippen LogP contribution in [0.5, 0.6) is 0 Å². The maximum absolute atomic E-state index is 11.2. The maximum Gasteiger partial charge on any atom is 0.219 e.